The molecule has 0 saturated carbocycles. The van der Waals surface area contributed by atoms with Gasteiger partial charge in [0, 0.05) is 6.42 Å². The Morgan fingerprint density at radius 3 is 2.96 bits per heavy atom. The number of ether oxygens (including phenoxy) is 2. The second-order valence-electron chi connectivity index (χ2n) is 6.56. The van der Waals surface area contributed by atoms with Crippen LogP contribution in [0.5, 0.6) is 11.5 Å². The lowest BCUT2D eigenvalue weighted by molar-refractivity contribution is -0.121. The highest BCUT2D eigenvalue weighted by molar-refractivity contribution is 6.32. The number of para-hydroxylation sites is 2. The van der Waals surface area contributed by atoms with Gasteiger partial charge in [0.05, 0.1) is 41.7 Å². The van der Waals surface area contributed by atoms with E-state index in [-0.39, 0.29) is 18.4 Å². The summed E-state index contributed by atoms with van der Waals surface area (Å²) in [5.41, 5.74) is 2.60. The Bertz CT molecular complexity index is 953. The molecule has 0 bridgehead atoms. The van der Waals surface area contributed by atoms with Crippen molar-refractivity contribution in [3.63, 3.8) is 0 Å². The summed E-state index contributed by atoms with van der Waals surface area (Å²) in [6.45, 7) is 3.04. The molecule has 0 saturated heterocycles. The molecule has 0 spiro atoms. The highest BCUT2D eigenvalue weighted by Gasteiger charge is 2.18. The number of hydrogen-bond donors (Lipinski definition) is 2. The van der Waals surface area contributed by atoms with Gasteiger partial charge in [-0.15, -0.1) is 0 Å². The molecule has 2 N–H and O–H groups in total. The first kappa shape index (κ1) is 17.7. The van der Waals surface area contributed by atoms with E-state index in [9.17, 15) is 4.79 Å². The van der Waals surface area contributed by atoms with E-state index in [4.69, 9.17) is 21.1 Å². The Labute approximate surface area is 161 Å². The zero-order valence-electron chi connectivity index (χ0n) is 14.9. The molecule has 1 unspecified atom stereocenters. The third-order valence-corrected chi connectivity index (χ3v) is 4.70. The summed E-state index contributed by atoms with van der Waals surface area (Å²) in [5, 5.41) is 3.43. The first-order valence-electron chi connectivity index (χ1n) is 8.92. The number of aromatic amines is 1. The summed E-state index contributed by atoms with van der Waals surface area (Å²) in [6.07, 6.45) is 0.997. The molecule has 6 nitrogen and oxygen atoms in total. The second kappa shape index (κ2) is 7.48. The number of fused-ring (bicyclic) bond motifs is 2. The van der Waals surface area contributed by atoms with Gasteiger partial charge in [-0.1, -0.05) is 23.7 Å². The van der Waals surface area contributed by atoms with Gasteiger partial charge in [0.2, 0.25) is 5.91 Å². The quantitative estimate of drug-likeness (QED) is 0.716. The zero-order chi connectivity index (χ0) is 18.8. The maximum Gasteiger partial charge on any atom is 0.225 e. The monoisotopic (exact) mass is 385 g/mol. The summed E-state index contributed by atoms with van der Waals surface area (Å²) in [6, 6.07) is 11.1. The van der Waals surface area contributed by atoms with Crippen molar-refractivity contribution < 1.29 is 14.3 Å². The maximum atomic E-state index is 12.5. The largest absolute Gasteiger partial charge is 0.489 e. The van der Waals surface area contributed by atoms with E-state index in [0.29, 0.717) is 29.7 Å². The van der Waals surface area contributed by atoms with Crippen LogP contribution in [0.4, 0.5) is 0 Å². The van der Waals surface area contributed by atoms with Crippen LogP contribution in [0.3, 0.4) is 0 Å². The highest BCUT2D eigenvalue weighted by Crippen LogP contribution is 2.38. The van der Waals surface area contributed by atoms with Crippen LogP contribution in [0.1, 0.15) is 30.8 Å². The number of nitrogens with one attached hydrogen (secondary N) is 2. The van der Waals surface area contributed by atoms with Gasteiger partial charge in [0.1, 0.15) is 5.82 Å². The molecule has 4 rings (SSSR count). The average Bonchev–Trinajstić information content (AvgIpc) is 2.93. The number of H-pyrrole nitrogens is 1. The van der Waals surface area contributed by atoms with Gasteiger partial charge in [-0.05, 0) is 36.8 Å². The lowest BCUT2D eigenvalue weighted by Crippen LogP contribution is -2.28. The number of carbonyl (C=O) groups excluding carboxylic acids is 1. The second-order valence-corrected chi connectivity index (χ2v) is 6.97. The van der Waals surface area contributed by atoms with Crippen LogP contribution in [0.25, 0.3) is 11.0 Å². The fraction of sp³-hybridized carbons (Fsp3) is 0.300. The normalized spacial score (nSPS) is 14.6. The van der Waals surface area contributed by atoms with Crippen molar-refractivity contribution in [3.8, 4) is 11.5 Å². The predicted octanol–water partition coefficient (Wildman–Crippen LogP) is 3.80. The van der Waals surface area contributed by atoms with Crippen LogP contribution in [-0.2, 0) is 11.2 Å². The van der Waals surface area contributed by atoms with Crippen molar-refractivity contribution in [2.75, 3.05) is 13.2 Å². The molecule has 2 heterocycles. The van der Waals surface area contributed by atoms with Gasteiger partial charge in [-0.2, -0.15) is 0 Å². The summed E-state index contributed by atoms with van der Waals surface area (Å²) in [5.74, 6) is 1.75. The summed E-state index contributed by atoms with van der Waals surface area (Å²) in [4.78, 5) is 20.3. The van der Waals surface area contributed by atoms with Crippen LogP contribution in [0, 0.1) is 0 Å². The van der Waals surface area contributed by atoms with E-state index in [1.165, 1.54) is 0 Å². The van der Waals surface area contributed by atoms with Crippen molar-refractivity contribution >= 4 is 28.5 Å². The molecule has 1 aliphatic heterocycles. The topological polar surface area (TPSA) is 76.2 Å². The van der Waals surface area contributed by atoms with Crippen molar-refractivity contribution in [1.29, 1.82) is 0 Å². The molecule has 2 aromatic carbocycles. The Hall–Kier alpha value is -2.73. The molecule has 140 valence electrons. The number of amides is 1. The standard InChI is InChI=1S/C20H20ClN3O3/c1-12(20-23-15-5-2-3-6-16(15)24-20)22-18(25)11-13-9-14(21)19-17(10-13)26-7-4-8-27-19/h2-3,5-6,9-10,12H,4,7-8,11H2,1H3,(H,22,25)(H,23,24). The molecule has 3 aromatic rings. The lowest BCUT2D eigenvalue weighted by atomic mass is 10.1. The molecule has 1 aromatic heterocycles. The third kappa shape index (κ3) is 3.85. The highest BCUT2D eigenvalue weighted by atomic mass is 35.5. The molecule has 1 atom stereocenters. The SMILES string of the molecule is CC(NC(=O)Cc1cc(Cl)c2c(c1)OCCCO2)c1nc2ccccc2[nH]1. The van der Waals surface area contributed by atoms with E-state index >= 15 is 0 Å². The number of rotatable bonds is 4. The summed E-state index contributed by atoms with van der Waals surface area (Å²) in [7, 11) is 0. The molecule has 0 aliphatic carbocycles. The Morgan fingerprint density at radius 2 is 2.11 bits per heavy atom. The molecule has 0 fully saturated rings. The maximum absolute atomic E-state index is 12.5. The van der Waals surface area contributed by atoms with Gasteiger partial charge >= 0.3 is 0 Å². The number of imidazole rings is 1. The number of hydrogen-bond acceptors (Lipinski definition) is 4. The lowest BCUT2D eigenvalue weighted by Gasteiger charge is -2.14. The Balaban J connectivity index is 1.46. The zero-order valence-corrected chi connectivity index (χ0v) is 15.7. The van der Waals surface area contributed by atoms with Gasteiger partial charge < -0.3 is 19.8 Å². The molecule has 1 amide bonds. The van der Waals surface area contributed by atoms with Gasteiger partial charge in [0.25, 0.3) is 0 Å². The van der Waals surface area contributed by atoms with Crippen LogP contribution >= 0.6 is 11.6 Å². The smallest absolute Gasteiger partial charge is 0.225 e. The first-order chi connectivity index (χ1) is 13.1. The predicted molar refractivity (Wildman–Crippen MR) is 103 cm³/mol. The fourth-order valence-electron chi connectivity index (χ4n) is 3.11. The van der Waals surface area contributed by atoms with Gasteiger partial charge in [-0.25, -0.2) is 4.98 Å². The number of halogens is 1. The van der Waals surface area contributed by atoms with E-state index in [1.807, 2.05) is 37.3 Å². The fourth-order valence-corrected chi connectivity index (χ4v) is 3.40. The molecule has 1 aliphatic rings. The van der Waals surface area contributed by atoms with Crippen LogP contribution in [0.15, 0.2) is 36.4 Å². The van der Waals surface area contributed by atoms with E-state index in [0.717, 1.165) is 28.8 Å². The van der Waals surface area contributed by atoms with E-state index < -0.39 is 0 Å². The number of benzene rings is 2. The van der Waals surface area contributed by atoms with Gasteiger partial charge in [0.15, 0.2) is 11.5 Å². The van der Waals surface area contributed by atoms with E-state index in [1.54, 1.807) is 6.07 Å². The molecular weight excluding hydrogens is 366 g/mol. The molecule has 0 radical (unpaired) electrons. The average molecular weight is 386 g/mol. The Morgan fingerprint density at radius 1 is 1.30 bits per heavy atom. The minimum absolute atomic E-state index is 0.117. The van der Waals surface area contributed by atoms with E-state index in [2.05, 4.69) is 15.3 Å². The summed E-state index contributed by atoms with van der Waals surface area (Å²) >= 11 is 6.30. The molecule has 7 heteroatoms. The third-order valence-electron chi connectivity index (χ3n) is 4.42. The number of carbonyl (C=O) groups is 1. The van der Waals surface area contributed by atoms with Crippen molar-refractivity contribution in [3.05, 3.63) is 52.8 Å². The minimum Gasteiger partial charge on any atom is -0.489 e. The van der Waals surface area contributed by atoms with Crippen molar-refractivity contribution in [2.24, 2.45) is 0 Å². The van der Waals surface area contributed by atoms with Crippen LogP contribution < -0.4 is 14.8 Å². The first-order valence-corrected chi connectivity index (χ1v) is 9.30. The Kier molecular flexibility index (Phi) is 4.90. The van der Waals surface area contributed by atoms with Crippen LogP contribution in [-0.4, -0.2) is 29.1 Å². The molecule has 27 heavy (non-hydrogen) atoms. The number of aromatic nitrogens is 2. The van der Waals surface area contributed by atoms with Crippen LogP contribution in [0.2, 0.25) is 5.02 Å². The molecular formula is C20H20ClN3O3. The van der Waals surface area contributed by atoms with Crippen molar-refractivity contribution in [1.82, 2.24) is 15.3 Å². The summed E-state index contributed by atoms with van der Waals surface area (Å²) < 4.78 is 11.3. The van der Waals surface area contributed by atoms with Crippen molar-refractivity contribution in [2.45, 2.75) is 25.8 Å². The number of nitrogens with zero attached hydrogens (tertiary/aromatic N) is 1. The minimum atomic E-state index is -0.235. The van der Waals surface area contributed by atoms with Gasteiger partial charge in [-0.3, -0.25) is 4.79 Å².